The molecule has 0 saturated heterocycles. The van der Waals surface area contributed by atoms with Crippen molar-refractivity contribution in [2.45, 2.75) is 6.92 Å². The third-order valence-electron chi connectivity index (χ3n) is 1.51. The van der Waals surface area contributed by atoms with Gasteiger partial charge in [-0.2, -0.15) is 8.42 Å². The molecule has 5 nitrogen and oxygen atoms in total. The number of hydrogen-bond acceptors (Lipinski definition) is 4. The molecule has 1 rings (SSSR count). The lowest BCUT2D eigenvalue weighted by Crippen LogP contribution is -2.07. The summed E-state index contributed by atoms with van der Waals surface area (Å²) in [7, 11) is -3.13. The van der Waals surface area contributed by atoms with Crippen LogP contribution in [-0.2, 0) is 10.4 Å². The Bertz CT molecular complexity index is 423. The van der Waals surface area contributed by atoms with E-state index in [0.717, 1.165) is 5.56 Å². The molecule has 0 amide bonds. The van der Waals surface area contributed by atoms with E-state index in [2.05, 4.69) is 4.18 Å². The zero-order valence-electron chi connectivity index (χ0n) is 7.72. The molecule has 0 aliphatic carbocycles. The van der Waals surface area contributed by atoms with Gasteiger partial charge in [0, 0.05) is 0 Å². The zero-order valence-corrected chi connectivity index (χ0v) is 8.54. The predicted octanol–water partition coefficient (Wildman–Crippen LogP) is 1.19. The predicted molar refractivity (Wildman–Crippen MR) is 49.9 cm³/mol. The van der Waals surface area contributed by atoms with Crippen molar-refractivity contribution >= 4 is 10.4 Å². The topological polar surface area (TPSA) is 72.8 Å². The molecule has 0 aliphatic heterocycles. The summed E-state index contributed by atoms with van der Waals surface area (Å²) in [5.74, 6) is 0.211. The molecule has 0 aliphatic rings. The van der Waals surface area contributed by atoms with Crippen molar-refractivity contribution in [1.82, 2.24) is 0 Å². The molecule has 0 unspecified atom stereocenters. The first-order valence-corrected chi connectivity index (χ1v) is 5.10. The molecule has 0 heterocycles. The minimum Gasteiger partial charge on any atom is -0.493 e. The summed E-state index contributed by atoms with van der Waals surface area (Å²) < 4.78 is 38.5. The van der Waals surface area contributed by atoms with Gasteiger partial charge in [0.2, 0.25) is 0 Å². The Morgan fingerprint density at radius 2 is 1.93 bits per heavy atom. The van der Waals surface area contributed by atoms with E-state index in [9.17, 15) is 8.42 Å². The van der Waals surface area contributed by atoms with Crippen LogP contribution in [0.5, 0.6) is 11.5 Å². The molecule has 0 aromatic heterocycles. The van der Waals surface area contributed by atoms with E-state index in [1.165, 1.54) is 13.2 Å². The number of ether oxygens (including phenoxy) is 1. The largest absolute Gasteiger partial charge is 0.493 e. The second kappa shape index (κ2) is 3.85. The van der Waals surface area contributed by atoms with Crippen molar-refractivity contribution in [3.63, 3.8) is 0 Å². The Hall–Kier alpha value is -1.27. The standard InChI is InChI=1S/C8H10O5S/c1-6-3-4-7(12-2)8(5-6)13-14(9,10)11/h3-5H,1-2H3,(H,9,10,11). The van der Waals surface area contributed by atoms with Crippen LogP contribution in [0.3, 0.4) is 0 Å². The third-order valence-corrected chi connectivity index (χ3v) is 1.90. The highest BCUT2D eigenvalue weighted by Gasteiger charge is 2.11. The lowest BCUT2D eigenvalue weighted by atomic mass is 10.2. The van der Waals surface area contributed by atoms with Crippen LogP contribution in [0.15, 0.2) is 18.2 Å². The fourth-order valence-electron chi connectivity index (χ4n) is 0.963. The Kier molecular flexibility index (Phi) is 2.97. The molecule has 14 heavy (non-hydrogen) atoms. The van der Waals surface area contributed by atoms with Gasteiger partial charge in [-0.1, -0.05) is 6.07 Å². The van der Waals surface area contributed by atoms with Gasteiger partial charge in [0.1, 0.15) is 0 Å². The van der Waals surface area contributed by atoms with E-state index in [0.29, 0.717) is 0 Å². The van der Waals surface area contributed by atoms with Crippen LogP contribution < -0.4 is 8.92 Å². The first-order valence-electron chi connectivity index (χ1n) is 3.74. The molecule has 1 aromatic carbocycles. The highest BCUT2D eigenvalue weighted by atomic mass is 32.3. The van der Waals surface area contributed by atoms with Gasteiger partial charge in [-0.25, -0.2) is 0 Å². The van der Waals surface area contributed by atoms with Crippen molar-refractivity contribution in [1.29, 1.82) is 0 Å². The van der Waals surface area contributed by atoms with Crippen molar-refractivity contribution in [3.8, 4) is 11.5 Å². The van der Waals surface area contributed by atoms with Crippen molar-refractivity contribution in [3.05, 3.63) is 23.8 Å². The van der Waals surface area contributed by atoms with Crippen LogP contribution in [0.4, 0.5) is 0 Å². The molecule has 78 valence electrons. The molecule has 6 heteroatoms. The van der Waals surface area contributed by atoms with Crippen LogP contribution in [0.25, 0.3) is 0 Å². The summed E-state index contributed by atoms with van der Waals surface area (Å²) in [6, 6.07) is 4.73. The zero-order chi connectivity index (χ0) is 10.8. The SMILES string of the molecule is COc1ccc(C)cc1OS(=O)(=O)O. The van der Waals surface area contributed by atoms with Gasteiger partial charge in [-0.15, -0.1) is 0 Å². The van der Waals surface area contributed by atoms with Crippen LogP contribution in [0, 0.1) is 6.92 Å². The quantitative estimate of drug-likeness (QED) is 0.771. The molecule has 0 fully saturated rings. The first-order chi connectivity index (χ1) is 6.42. The smallest absolute Gasteiger partial charge is 0.446 e. The normalized spacial score (nSPS) is 11.1. The maximum Gasteiger partial charge on any atom is 0.446 e. The second-order valence-electron chi connectivity index (χ2n) is 2.67. The van der Waals surface area contributed by atoms with E-state index in [-0.39, 0.29) is 11.5 Å². The number of aryl methyl sites for hydroxylation is 1. The van der Waals surface area contributed by atoms with Gasteiger partial charge in [0.25, 0.3) is 0 Å². The molecule has 1 aromatic rings. The van der Waals surface area contributed by atoms with E-state index < -0.39 is 10.4 Å². The van der Waals surface area contributed by atoms with Crippen LogP contribution in [0.2, 0.25) is 0 Å². The van der Waals surface area contributed by atoms with Gasteiger partial charge in [0.15, 0.2) is 11.5 Å². The molecular formula is C8H10O5S. The molecule has 0 atom stereocenters. The molecule has 0 spiro atoms. The third kappa shape index (κ3) is 2.90. The summed E-state index contributed by atoms with van der Waals surface area (Å²) in [5.41, 5.74) is 0.796. The Balaban J connectivity index is 3.11. The summed E-state index contributed by atoms with van der Waals surface area (Å²) >= 11 is 0. The monoisotopic (exact) mass is 218 g/mol. The molecule has 0 radical (unpaired) electrons. The number of hydrogen-bond donors (Lipinski definition) is 1. The maximum atomic E-state index is 10.5. The summed E-state index contributed by atoms with van der Waals surface area (Å²) in [4.78, 5) is 0. The van der Waals surface area contributed by atoms with Gasteiger partial charge in [-0.05, 0) is 24.6 Å². The van der Waals surface area contributed by atoms with Crippen LogP contribution in [0.1, 0.15) is 5.56 Å². The summed E-state index contributed by atoms with van der Waals surface area (Å²) in [5, 5.41) is 0. The molecular weight excluding hydrogens is 208 g/mol. The highest BCUT2D eigenvalue weighted by molar-refractivity contribution is 7.81. The van der Waals surface area contributed by atoms with Crippen molar-refractivity contribution in [2.75, 3.05) is 7.11 Å². The van der Waals surface area contributed by atoms with Gasteiger partial charge < -0.3 is 8.92 Å². The van der Waals surface area contributed by atoms with Crippen LogP contribution >= 0.6 is 0 Å². The molecule has 1 N–H and O–H groups in total. The lowest BCUT2D eigenvalue weighted by molar-refractivity contribution is 0.360. The van der Waals surface area contributed by atoms with Crippen LogP contribution in [-0.4, -0.2) is 20.1 Å². The van der Waals surface area contributed by atoms with E-state index in [4.69, 9.17) is 9.29 Å². The Morgan fingerprint density at radius 3 is 2.43 bits per heavy atom. The molecule has 0 saturated carbocycles. The number of benzene rings is 1. The summed E-state index contributed by atoms with van der Waals surface area (Å²) in [6.45, 7) is 1.76. The maximum absolute atomic E-state index is 10.5. The summed E-state index contributed by atoms with van der Waals surface area (Å²) in [6.07, 6.45) is 0. The first kappa shape index (κ1) is 10.8. The fraction of sp³-hybridized carbons (Fsp3) is 0.250. The Morgan fingerprint density at radius 1 is 1.29 bits per heavy atom. The van der Waals surface area contributed by atoms with E-state index in [1.807, 2.05) is 0 Å². The Labute approximate surface area is 82.2 Å². The minimum absolute atomic E-state index is 0.0324. The van der Waals surface area contributed by atoms with E-state index in [1.54, 1.807) is 19.1 Å². The lowest BCUT2D eigenvalue weighted by Gasteiger charge is -2.07. The highest BCUT2D eigenvalue weighted by Crippen LogP contribution is 2.28. The number of rotatable bonds is 3. The number of methoxy groups -OCH3 is 1. The minimum atomic E-state index is -4.51. The second-order valence-corrected chi connectivity index (χ2v) is 3.69. The average Bonchev–Trinajstić information content (AvgIpc) is 2.01. The van der Waals surface area contributed by atoms with E-state index >= 15 is 0 Å². The van der Waals surface area contributed by atoms with Crippen molar-refractivity contribution in [2.24, 2.45) is 0 Å². The van der Waals surface area contributed by atoms with Gasteiger partial charge >= 0.3 is 10.4 Å². The average molecular weight is 218 g/mol. The fourth-order valence-corrected chi connectivity index (χ4v) is 1.32. The van der Waals surface area contributed by atoms with Crippen molar-refractivity contribution < 1.29 is 21.9 Å². The molecule has 0 bridgehead atoms. The van der Waals surface area contributed by atoms with Gasteiger partial charge in [-0.3, -0.25) is 4.55 Å². The van der Waals surface area contributed by atoms with Gasteiger partial charge in [0.05, 0.1) is 7.11 Å².